The Hall–Kier alpha value is -1.19. The summed E-state index contributed by atoms with van der Waals surface area (Å²) in [6, 6.07) is 8.10. The molecular weight excluding hydrogens is 238 g/mol. The smallest absolute Gasteiger partial charge is 0.150 e. The highest BCUT2D eigenvalue weighted by atomic mass is 16.5. The number of nitrogens with two attached hydrogens (primary N) is 1. The molecule has 0 bridgehead atoms. The number of ether oxygens (including phenoxy) is 1. The molecule has 0 radical (unpaired) electrons. The number of hydrogen-bond acceptors (Lipinski definition) is 3. The van der Waals surface area contributed by atoms with E-state index < -0.39 is 0 Å². The van der Waals surface area contributed by atoms with Crippen molar-refractivity contribution < 1.29 is 9.53 Å². The second-order valence-corrected chi connectivity index (χ2v) is 5.35. The van der Waals surface area contributed by atoms with Gasteiger partial charge in [-0.3, -0.25) is 4.79 Å². The van der Waals surface area contributed by atoms with E-state index in [9.17, 15) is 4.79 Å². The van der Waals surface area contributed by atoms with Gasteiger partial charge in [-0.1, -0.05) is 24.3 Å². The van der Waals surface area contributed by atoms with E-state index in [1.165, 1.54) is 17.5 Å². The Morgan fingerprint density at radius 3 is 3.05 bits per heavy atom. The molecule has 104 valence electrons. The van der Waals surface area contributed by atoms with E-state index in [4.69, 9.17) is 10.5 Å². The van der Waals surface area contributed by atoms with Crippen LogP contribution in [-0.4, -0.2) is 25.5 Å². The third-order valence-corrected chi connectivity index (χ3v) is 3.99. The van der Waals surface area contributed by atoms with Gasteiger partial charge in [0, 0.05) is 20.1 Å². The maximum atomic E-state index is 12.1. The molecule has 1 aliphatic rings. The van der Waals surface area contributed by atoms with E-state index in [0.29, 0.717) is 25.4 Å². The lowest BCUT2D eigenvalue weighted by Crippen LogP contribution is -2.33. The van der Waals surface area contributed by atoms with Crippen LogP contribution in [0.4, 0.5) is 0 Å². The number of hydrogen-bond donors (Lipinski definition) is 1. The van der Waals surface area contributed by atoms with Crippen LogP contribution >= 0.6 is 0 Å². The third-order valence-electron chi connectivity index (χ3n) is 3.99. The fraction of sp³-hybridized carbons (Fsp3) is 0.562. The molecule has 2 rings (SSSR count). The summed E-state index contributed by atoms with van der Waals surface area (Å²) in [6.07, 6.45) is 4.59. The molecule has 0 heterocycles. The van der Waals surface area contributed by atoms with Gasteiger partial charge in [-0.2, -0.15) is 0 Å². The maximum Gasteiger partial charge on any atom is 0.150 e. The first-order valence-corrected chi connectivity index (χ1v) is 7.07. The van der Waals surface area contributed by atoms with Crippen molar-refractivity contribution in [3.05, 3.63) is 35.4 Å². The number of Topliss-reactive ketones (excluding diaryl/α,β-unsaturated/α-hetero) is 1. The van der Waals surface area contributed by atoms with Crippen molar-refractivity contribution in [2.75, 3.05) is 13.7 Å². The molecule has 3 nitrogen and oxygen atoms in total. The van der Waals surface area contributed by atoms with Crippen LogP contribution in [0.3, 0.4) is 0 Å². The van der Waals surface area contributed by atoms with Crippen molar-refractivity contribution in [3.8, 4) is 0 Å². The van der Waals surface area contributed by atoms with Gasteiger partial charge >= 0.3 is 0 Å². The van der Waals surface area contributed by atoms with Crippen LogP contribution in [0, 0.1) is 0 Å². The highest BCUT2D eigenvalue weighted by molar-refractivity contribution is 5.84. The molecule has 0 saturated heterocycles. The lowest BCUT2D eigenvalue weighted by molar-refractivity contribution is -0.121. The molecule has 1 aromatic carbocycles. The average molecular weight is 261 g/mol. The Labute approximate surface area is 115 Å². The zero-order valence-corrected chi connectivity index (χ0v) is 11.6. The zero-order chi connectivity index (χ0) is 13.7. The largest absolute Gasteiger partial charge is 0.385 e. The fourth-order valence-electron chi connectivity index (χ4n) is 2.87. The van der Waals surface area contributed by atoms with Gasteiger partial charge in [0.25, 0.3) is 0 Å². The van der Waals surface area contributed by atoms with E-state index in [2.05, 4.69) is 24.3 Å². The van der Waals surface area contributed by atoms with Gasteiger partial charge in [0.05, 0.1) is 6.04 Å². The average Bonchev–Trinajstić information content (AvgIpc) is 2.45. The van der Waals surface area contributed by atoms with Gasteiger partial charge in [-0.05, 0) is 42.7 Å². The summed E-state index contributed by atoms with van der Waals surface area (Å²) in [6.45, 7) is 0.550. The van der Waals surface area contributed by atoms with Crippen molar-refractivity contribution in [1.29, 1.82) is 0 Å². The fourth-order valence-corrected chi connectivity index (χ4v) is 2.87. The maximum absolute atomic E-state index is 12.1. The molecule has 0 saturated carbocycles. The molecule has 2 atom stereocenters. The monoisotopic (exact) mass is 261 g/mol. The number of fused-ring (bicyclic) bond motifs is 1. The summed E-state index contributed by atoms with van der Waals surface area (Å²) >= 11 is 0. The second kappa shape index (κ2) is 6.83. The molecule has 0 fully saturated rings. The number of carbonyl (C=O) groups is 1. The predicted molar refractivity (Wildman–Crippen MR) is 76.2 cm³/mol. The SMILES string of the molecule is COCCC(N)C(=O)CC1CCCc2ccccc21. The molecule has 2 N–H and O–H groups in total. The minimum atomic E-state index is -0.381. The molecule has 3 heteroatoms. The molecular formula is C16H23NO2. The first kappa shape index (κ1) is 14.2. The molecule has 0 aliphatic heterocycles. The van der Waals surface area contributed by atoms with Crippen LogP contribution in [0.15, 0.2) is 24.3 Å². The summed E-state index contributed by atoms with van der Waals surface area (Å²) in [5.41, 5.74) is 8.66. The number of aryl methyl sites for hydroxylation is 1. The van der Waals surface area contributed by atoms with E-state index >= 15 is 0 Å². The molecule has 1 aromatic rings. The highest BCUT2D eigenvalue weighted by Gasteiger charge is 2.24. The van der Waals surface area contributed by atoms with Crippen molar-refractivity contribution in [3.63, 3.8) is 0 Å². The second-order valence-electron chi connectivity index (χ2n) is 5.35. The van der Waals surface area contributed by atoms with Gasteiger partial charge in [0.1, 0.15) is 5.78 Å². The summed E-state index contributed by atoms with van der Waals surface area (Å²) in [5, 5.41) is 0. The van der Waals surface area contributed by atoms with Crippen LogP contribution in [0.5, 0.6) is 0 Å². The minimum Gasteiger partial charge on any atom is -0.385 e. The van der Waals surface area contributed by atoms with E-state index in [-0.39, 0.29) is 11.8 Å². The lowest BCUT2D eigenvalue weighted by Gasteiger charge is -2.25. The van der Waals surface area contributed by atoms with Crippen LogP contribution in [0.2, 0.25) is 0 Å². The Kier molecular flexibility index (Phi) is 5.11. The van der Waals surface area contributed by atoms with Crippen LogP contribution in [0.25, 0.3) is 0 Å². The predicted octanol–water partition coefficient (Wildman–Crippen LogP) is 2.43. The quantitative estimate of drug-likeness (QED) is 0.855. The number of rotatable bonds is 6. The number of benzene rings is 1. The van der Waals surface area contributed by atoms with Crippen molar-refractivity contribution >= 4 is 5.78 Å². The zero-order valence-electron chi connectivity index (χ0n) is 11.6. The van der Waals surface area contributed by atoms with E-state index in [0.717, 1.165) is 12.8 Å². The third kappa shape index (κ3) is 3.64. The van der Waals surface area contributed by atoms with Gasteiger partial charge in [-0.15, -0.1) is 0 Å². The molecule has 0 spiro atoms. The molecule has 0 amide bonds. The van der Waals surface area contributed by atoms with Crippen molar-refractivity contribution in [2.24, 2.45) is 5.73 Å². The number of carbonyl (C=O) groups excluding carboxylic acids is 1. The van der Waals surface area contributed by atoms with Crippen molar-refractivity contribution in [1.82, 2.24) is 0 Å². The first-order chi connectivity index (χ1) is 9.22. The summed E-state index contributed by atoms with van der Waals surface area (Å²) in [7, 11) is 1.63. The minimum absolute atomic E-state index is 0.166. The molecule has 19 heavy (non-hydrogen) atoms. The Morgan fingerprint density at radius 1 is 1.47 bits per heavy atom. The van der Waals surface area contributed by atoms with Gasteiger partial charge in [-0.25, -0.2) is 0 Å². The summed E-state index contributed by atoms with van der Waals surface area (Å²) < 4.78 is 4.98. The molecule has 2 unspecified atom stereocenters. The van der Waals surface area contributed by atoms with Crippen LogP contribution in [-0.2, 0) is 16.0 Å². The highest BCUT2D eigenvalue weighted by Crippen LogP contribution is 2.34. The van der Waals surface area contributed by atoms with E-state index in [1.807, 2.05) is 0 Å². The number of ketones is 1. The number of methoxy groups -OCH3 is 1. The van der Waals surface area contributed by atoms with Crippen LogP contribution < -0.4 is 5.73 Å². The van der Waals surface area contributed by atoms with Gasteiger partial charge in [0.15, 0.2) is 0 Å². The molecule has 0 aromatic heterocycles. The Morgan fingerprint density at radius 2 is 2.26 bits per heavy atom. The topological polar surface area (TPSA) is 52.3 Å². The summed E-state index contributed by atoms with van der Waals surface area (Å²) in [4.78, 5) is 12.1. The Balaban J connectivity index is 1.98. The lowest BCUT2D eigenvalue weighted by atomic mass is 9.79. The first-order valence-electron chi connectivity index (χ1n) is 7.07. The normalized spacial score (nSPS) is 19.8. The Bertz CT molecular complexity index is 431. The van der Waals surface area contributed by atoms with Crippen LogP contribution in [0.1, 0.15) is 42.7 Å². The van der Waals surface area contributed by atoms with E-state index in [1.54, 1.807) is 7.11 Å². The van der Waals surface area contributed by atoms with Gasteiger partial charge in [0.2, 0.25) is 0 Å². The molecule has 1 aliphatic carbocycles. The van der Waals surface area contributed by atoms with Crippen molar-refractivity contribution in [2.45, 2.75) is 44.1 Å². The summed E-state index contributed by atoms with van der Waals surface area (Å²) in [5.74, 6) is 0.518. The standard InChI is InChI=1S/C16H23NO2/c1-19-10-9-15(17)16(18)11-13-7-4-6-12-5-2-3-8-14(12)13/h2-3,5,8,13,15H,4,6-7,9-11,17H2,1H3. The van der Waals surface area contributed by atoms with Gasteiger partial charge < -0.3 is 10.5 Å².